The average molecular weight is 457 g/mol. The van der Waals surface area contributed by atoms with Crippen molar-refractivity contribution >= 4 is 48.2 Å². The Balaban J connectivity index is 1.51. The van der Waals surface area contributed by atoms with Crippen LogP contribution in [0.4, 0.5) is 0 Å². The van der Waals surface area contributed by atoms with Crippen molar-refractivity contribution in [2.45, 2.75) is 0 Å². The zero-order chi connectivity index (χ0) is 20.5. The first-order chi connectivity index (χ1) is 15.2. The zero-order valence-corrected chi connectivity index (χ0v) is 18.3. The molecule has 144 valence electrons. The predicted octanol–water partition coefficient (Wildman–Crippen LogP) is 9.22. The molecule has 1 aliphatic rings. The summed E-state index contributed by atoms with van der Waals surface area (Å²) in [4.78, 5) is 0. The van der Waals surface area contributed by atoms with Crippen LogP contribution >= 0.6 is 15.9 Å². The maximum Gasteiger partial charge on any atom is 0.0181 e. The van der Waals surface area contributed by atoms with Crippen LogP contribution in [0, 0.1) is 0 Å². The second-order valence-corrected chi connectivity index (χ2v) is 9.29. The van der Waals surface area contributed by atoms with Crippen LogP contribution < -0.4 is 0 Å². The van der Waals surface area contributed by atoms with Gasteiger partial charge in [-0.1, -0.05) is 76.6 Å². The lowest BCUT2D eigenvalue weighted by Crippen LogP contribution is -1.83. The number of benzene rings is 6. The maximum atomic E-state index is 3.58. The first kappa shape index (κ1) is 17.3. The summed E-state index contributed by atoms with van der Waals surface area (Å²) >= 11 is 3.58. The van der Waals surface area contributed by atoms with Gasteiger partial charge in [-0.05, 0) is 108 Å². The minimum atomic E-state index is 1.11. The lowest BCUT2D eigenvalue weighted by atomic mass is 9.94. The van der Waals surface area contributed by atoms with Crippen LogP contribution in [0.5, 0.6) is 0 Å². The zero-order valence-electron chi connectivity index (χ0n) is 16.7. The van der Waals surface area contributed by atoms with E-state index in [1.54, 1.807) is 0 Å². The molecule has 0 unspecified atom stereocenters. The minimum Gasteiger partial charge on any atom is -0.0616 e. The van der Waals surface area contributed by atoms with Crippen molar-refractivity contribution in [3.8, 4) is 33.4 Å². The van der Waals surface area contributed by atoms with Gasteiger partial charge >= 0.3 is 0 Å². The molecule has 1 heteroatoms. The lowest BCUT2D eigenvalue weighted by Gasteiger charge is -2.10. The molecule has 1 aliphatic carbocycles. The summed E-state index contributed by atoms with van der Waals surface area (Å²) < 4.78 is 1.11. The van der Waals surface area contributed by atoms with Crippen LogP contribution in [0.1, 0.15) is 0 Å². The molecule has 0 aromatic heterocycles. The molecule has 0 atom stereocenters. The van der Waals surface area contributed by atoms with Crippen molar-refractivity contribution in [1.82, 2.24) is 0 Å². The van der Waals surface area contributed by atoms with Crippen LogP contribution in [0.2, 0.25) is 0 Å². The molecule has 0 bridgehead atoms. The predicted molar refractivity (Wildman–Crippen MR) is 137 cm³/mol. The Labute approximate surface area is 188 Å². The highest BCUT2D eigenvalue weighted by Gasteiger charge is 2.22. The number of hydrogen-bond donors (Lipinski definition) is 0. The molecule has 0 aliphatic heterocycles. The summed E-state index contributed by atoms with van der Waals surface area (Å²) in [6.45, 7) is 0. The molecule has 0 saturated heterocycles. The third-order valence-corrected chi connectivity index (χ3v) is 7.07. The molecule has 0 amide bonds. The van der Waals surface area contributed by atoms with E-state index >= 15 is 0 Å². The van der Waals surface area contributed by atoms with Gasteiger partial charge in [-0.3, -0.25) is 0 Å². The molecule has 0 saturated carbocycles. The van der Waals surface area contributed by atoms with E-state index in [2.05, 4.69) is 119 Å². The fraction of sp³-hybridized carbons (Fsp3) is 0. The highest BCUT2D eigenvalue weighted by atomic mass is 79.9. The molecular formula is C30H17Br. The van der Waals surface area contributed by atoms with Gasteiger partial charge in [0.05, 0.1) is 0 Å². The number of halogens is 1. The Kier molecular flexibility index (Phi) is 3.51. The smallest absolute Gasteiger partial charge is 0.0181 e. The lowest BCUT2D eigenvalue weighted by molar-refractivity contribution is 1.66. The Morgan fingerprint density at radius 3 is 1.87 bits per heavy atom. The monoisotopic (exact) mass is 456 g/mol. The molecule has 0 radical (unpaired) electrons. The van der Waals surface area contributed by atoms with Gasteiger partial charge in [0.15, 0.2) is 0 Å². The van der Waals surface area contributed by atoms with E-state index in [0.29, 0.717) is 0 Å². The largest absolute Gasteiger partial charge is 0.0616 e. The molecule has 31 heavy (non-hydrogen) atoms. The highest BCUT2D eigenvalue weighted by Crippen LogP contribution is 2.49. The summed E-state index contributed by atoms with van der Waals surface area (Å²) in [5.74, 6) is 0. The summed E-state index contributed by atoms with van der Waals surface area (Å²) in [7, 11) is 0. The summed E-state index contributed by atoms with van der Waals surface area (Å²) in [5, 5.41) is 7.79. The van der Waals surface area contributed by atoms with Gasteiger partial charge in [0.1, 0.15) is 0 Å². The van der Waals surface area contributed by atoms with Crippen molar-refractivity contribution in [2.75, 3.05) is 0 Å². The van der Waals surface area contributed by atoms with Gasteiger partial charge in [0, 0.05) is 4.47 Å². The fourth-order valence-corrected chi connectivity index (χ4v) is 5.49. The van der Waals surface area contributed by atoms with E-state index in [0.717, 1.165) is 4.47 Å². The van der Waals surface area contributed by atoms with Gasteiger partial charge in [-0.15, -0.1) is 0 Å². The molecule has 0 N–H and O–H groups in total. The Morgan fingerprint density at radius 1 is 0.387 bits per heavy atom. The quantitative estimate of drug-likeness (QED) is 0.231. The molecule has 6 aromatic rings. The number of fused-ring (bicyclic) bond motifs is 5. The Morgan fingerprint density at radius 2 is 1.03 bits per heavy atom. The van der Waals surface area contributed by atoms with E-state index in [1.165, 1.54) is 65.7 Å². The molecule has 0 heterocycles. The van der Waals surface area contributed by atoms with Gasteiger partial charge in [-0.2, -0.15) is 0 Å². The first-order valence-corrected chi connectivity index (χ1v) is 11.3. The Bertz CT molecular complexity index is 1690. The molecule has 7 rings (SSSR count). The van der Waals surface area contributed by atoms with Crippen molar-refractivity contribution in [2.24, 2.45) is 0 Å². The topological polar surface area (TPSA) is 0 Å². The van der Waals surface area contributed by atoms with Crippen LogP contribution in [-0.4, -0.2) is 0 Å². The molecule has 0 fully saturated rings. The Hall–Kier alpha value is -3.42. The maximum absolute atomic E-state index is 3.58. The van der Waals surface area contributed by atoms with E-state index in [-0.39, 0.29) is 0 Å². The van der Waals surface area contributed by atoms with Crippen LogP contribution in [0.3, 0.4) is 0 Å². The van der Waals surface area contributed by atoms with Crippen molar-refractivity contribution in [1.29, 1.82) is 0 Å². The van der Waals surface area contributed by atoms with Gasteiger partial charge in [-0.25, -0.2) is 0 Å². The number of hydrogen-bond acceptors (Lipinski definition) is 0. The standard InChI is InChI=1S/C30H17Br/c31-25-11-10-20-12-21(8-9-22(20)14-25)24-13-23-6-3-7-26-27-15-18-4-1-2-5-19(18)16-28(27)29(17-24)30(23)26/h1-17H. The van der Waals surface area contributed by atoms with Crippen LogP contribution in [0.25, 0.3) is 65.7 Å². The minimum absolute atomic E-state index is 1.11. The van der Waals surface area contributed by atoms with Crippen LogP contribution in [-0.2, 0) is 0 Å². The number of rotatable bonds is 1. The normalized spacial score (nSPS) is 12.0. The summed E-state index contributed by atoms with van der Waals surface area (Å²) in [6.07, 6.45) is 0. The summed E-state index contributed by atoms with van der Waals surface area (Å²) in [6, 6.07) is 38.0. The highest BCUT2D eigenvalue weighted by molar-refractivity contribution is 9.10. The van der Waals surface area contributed by atoms with Gasteiger partial charge < -0.3 is 0 Å². The van der Waals surface area contributed by atoms with Crippen molar-refractivity contribution in [3.05, 3.63) is 108 Å². The SMILES string of the molecule is Brc1ccc2cc(-c3cc4c5c(cccc5c3)-c3cc5ccccc5cc3-4)ccc2c1. The second kappa shape index (κ2) is 6.29. The van der Waals surface area contributed by atoms with Gasteiger partial charge in [0.2, 0.25) is 0 Å². The van der Waals surface area contributed by atoms with E-state index in [4.69, 9.17) is 0 Å². The van der Waals surface area contributed by atoms with E-state index in [1.807, 2.05) is 0 Å². The third kappa shape index (κ3) is 2.54. The third-order valence-electron chi connectivity index (χ3n) is 6.58. The first-order valence-electron chi connectivity index (χ1n) is 10.5. The summed E-state index contributed by atoms with van der Waals surface area (Å²) in [5.41, 5.74) is 7.91. The average Bonchev–Trinajstić information content (AvgIpc) is 3.11. The van der Waals surface area contributed by atoms with Crippen molar-refractivity contribution in [3.63, 3.8) is 0 Å². The molecular weight excluding hydrogens is 440 g/mol. The molecule has 0 spiro atoms. The second-order valence-electron chi connectivity index (χ2n) is 8.38. The van der Waals surface area contributed by atoms with Crippen molar-refractivity contribution < 1.29 is 0 Å². The van der Waals surface area contributed by atoms with Gasteiger partial charge in [0.25, 0.3) is 0 Å². The molecule has 6 aromatic carbocycles. The van der Waals surface area contributed by atoms with Crippen LogP contribution in [0.15, 0.2) is 108 Å². The van der Waals surface area contributed by atoms with E-state index < -0.39 is 0 Å². The fourth-order valence-electron chi connectivity index (χ4n) is 5.11. The van der Waals surface area contributed by atoms with E-state index in [9.17, 15) is 0 Å². The molecule has 0 nitrogen and oxygen atoms in total.